The maximum absolute atomic E-state index is 6.34. The van der Waals surface area contributed by atoms with E-state index in [9.17, 15) is 0 Å². The highest BCUT2D eigenvalue weighted by atomic mass is 15.3. The Morgan fingerprint density at radius 2 is 1.86 bits per heavy atom. The monoisotopic (exact) mass is 287 g/mol. The summed E-state index contributed by atoms with van der Waals surface area (Å²) in [6.07, 6.45) is 5.21. The lowest BCUT2D eigenvalue weighted by Gasteiger charge is -2.24. The molecule has 0 amide bonds. The molecule has 2 heterocycles. The van der Waals surface area contributed by atoms with Crippen molar-refractivity contribution in [2.45, 2.75) is 44.7 Å². The molecule has 1 aromatic carbocycles. The van der Waals surface area contributed by atoms with E-state index in [4.69, 9.17) is 5.73 Å². The zero-order chi connectivity index (χ0) is 14.7. The second-order valence-corrected chi connectivity index (χ2v) is 6.79. The van der Waals surface area contributed by atoms with Gasteiger partial charge < -0.3 is 10.6 Å². The van der Waals surface area contributed by atoms with Gasteiger partial charge >= 0.3 is 0 Å². The van der Waals surface area contributed by atoms with Crippen LogP contribution in [-0.2, 0) is 0 Å². The minimum atomic E-state index is 0.177. The van der Waals surface area contributed by atoms with Gasteiger partial charge in [-0.2, -0.15) is 0 Å². The van der Waals surface area contributed by atoms with Crippen molar-refractivity contribution in [1.29, 1.82) is 0 Å². The van der Waals surface area contributed by atoms with Gasteiger partial charge in [0.25, 0.3) is 0 Å². The molecule has 3 rings (SSSR count). The first kappa shape index (κ1) is 15.0. The third-order valence-corrected chi connectivity index (χ3v) is 5.17. The van der Waals surface area contributed by atoms with Crippen LogP contribution in [0.1, 0.15) is 42.9 Å². The average molecular weight is 287 g/mol. The van der Waals surface area contributed by atoms with E-state index in [0.717, 1.165) is 19.0 Å². The van der Waals surface area contributed by atoms with Crippen LogP contribution in [0.3, 0.4) is 0 Å². The lowest BCUT2D eigenvalue weighted by atomic mass is 10.0. The topological polar surface area (TPSA) is 32.5 Å². The van der Waals surface area contributed by atoms with Crippen LogP contribution in [-0.4, -0.2) is 48.6 Å². The molecule has 2 unspecified atom stereocenters. The van der Waals surface area contributed by atoms with Crippen LogP contribution in [0.5, 0.6) is 0 Å². The SMILES string of the molecule is Cc1ccc(C(N)CCN2CCC(N3CCCC3)C2)cc1. The Labute approximate surface area is 129 Å². The maximum Gasteiger partial charge on any atom is 0.0307 e. The molecule has 2 aliphatic heterocycles. The summed E-state index contributed by atoms with van der Waals surface area (Å²) in [5.41, 5.74) is 8.92. The maximum atomic E-state index is 6.34. The van der Waals surface area contributed by atoms with Gasteiger partial charge in [-0.25, -0.2) is 0 Å². The summed E-state index contributed by atoms with van der Waals surface area (Å²) in [4.78, 5) is 5.30. The zero-order valence-electron chi connectivity index (χ0n) is 13.3. The van der Waals surface area contributed by atoms with E-state index in [-0.39, 0.29) is 6.04 Å². The van der Waals surface area contributed by atoms with E-state index < -0.39 is 0 Å². The Morgan fingerprint density at radius 1 is 1.14 bits per heavy atom. The molecule has 2 fully saturated rings. The van der Waals surface area contributed by atoms with Gasteiger partial charge in [0.2, 0.25) is 0 Å². The van der Waals surface area contributed by atoms with Gasteiger partial charge in [-0.15, -0.1) is 0 Å². The van der Waals surface area contributed by atoms with E-state index in [1.54, 1.807) is 0 Å². The fourth-order valence-electron chi connectivity index (χ4n) is 3.72. The Morgan fingerprint density at radius 3 is 2.57 bits per heavy atom. The van der Waals surface area contributed by atoms with Crippen LogP contribution in [0.25, 0.3) is 0 Å². The van der Waals surface area contributed by atoms with Gasteiger partial charge in [-0.05, 0) is 57.8 Å². The number of hydrogen-bond acceptors (Lipinski definition) is 3. The Bertz CT molecular complexity index is 436. The highest BCUT2D eigenvalue weighted by molar-refractivity contribution is 5.23. The van der Waals surface area contributed by atoms with E-state index in [1.165, 1.54) is 56.6 Å². The van der Waals surface area contributed by atoms with Crippen molar-refractivity contribution in [2.24, 2.45) is 5.73 Å². The van der Waals surface area contributed by atoms with E-state index in [2.05, 4.69) is 41.0 Å². The molecule has 2 N–H and O–H groups in total. The van der Waals surface area contributed by atoms with Crippen molar-refractivity contribution in [1.82, 2.24) is 9.80 Å². The van der Waals surface area contributed by atoms with E-state index >= 15 is 0 Å². The molecule has 0 radical (unpaired) electrons. The molecule has 116 valence electrons. The number of rotatable bonds is 5. The molecule has 0 spiro atoms. The highest BCUT2D eigenvalue weighted by Crippen LogP contribution is 2.22. The predicted octanol–water partition coefficient (Wildman–Crippen LogP) is 2.56. The van der Waals surface area contributed by atoms with Crippen molar-refractivity contribution in [3.05, 3.63) is 35.4 Å². The summed E-state index contributed by atoms with van der Waals surface area (Å²) in [6.45, 7) is 8.41. The van der Waals surface area contributed by atoms with E-state index in [1.807, 2.05) is 0 Å². The largest absolute Gasteiger partial charge is 0.324 e. The molecular weight excluding hydrogens is 258 g/mol. The van der Waals surface area contributed by atoms with Crippen molar-refractivity contribution in [3.8, 4) is 0 Å². The van der Waals surface area contributed by atoms with Crippen molar-refractivity contribution in [2.75, 3.05) is 32.7 Å². The molecule has 3 nitrogen and oxygen atoms in total. The summed E-state index contributed by atoms with van der Waals surface area (Å²) >= 11 is 0. The molecule has 1 aromatic rings. The molecule has 0 aliphatic carbocycles. The summed E-state index contributed by atoms with van der Waals surface area (Å²) in [7, 11) is 0. The standard InChI is InChI=1S/C18H29N3/c1-15-4-6-16(7-5-15)18(19)9-13-20-12-8-17(14-20)21-10-2-3-11-21/h4-7,17-18H,2-3,8-14,19H2,1H3. The Balaban J connectivity index is 1.44. The fraction of sp³-hybridized carbons (Fsp3) is 0.667. The van der Waals surface area contributed by atoms with Crippen LogP contribution in [0.2, 0.25) is 0 Å². The zero-order valence-corrected chi connectivity index (χ0v) is 13.3. The van der Waals surface area contributed by atoms with Gasteiger partial charge in [-0.3, -0.25) is 4.90 Å². The van der Waals surface area contributed by atoms with E-state index in [0.29, 0.717) is 0 Å². The summed E-state index contributed by atoms with van der Waals surface area (Å²) in [6, 6.07) is 9.66. The molecule has 3 heteroatoms. The second-order valence-electron chi connectivity index (χ2n) is 6.79. The van der Waals surface area contributed by atoms with Crippen LogP contribution in [0.4, 0.5) is 0 Å². The number of nitrogens with zero attached hydrogens (tertiary/aromatic N) is 2. The Hall–Kier alpha value is -0.900. The van der Waals surface area contributed by atoms with Crippen LogP contribution < -0.4 is 5.73 Å². The molecule has 2 aliphatic rings. The molecule has 2 saturated heterocycles. The molecule has 0 saturated carbocycles. The number of benzene rings is 1. The molecular formula is C18H29N3. The summed E-state index contributed by atoms with van der Waals surface area (Å²) < 4.78 is 0. The smallest absolute Gasteiger partial charge is 0.0307 e. The predicted molar refractivity (Wildman–Crippen MR) is 88.4 cm³/mol. The number of nitrogens with two attached hydrogens (primary N) is 1. The quantitative estimate of drug-likeness (QED) is 0.903. The van der Waals surface area contributed by atoms with Crippen LogP contribution in [0, 0.1) is 6.92 Å². The van der Waals surface area contributed by atoms with Crippen molar-refractivity contribution in [3.63, 3.8) is 0 Å². The lowest BCUT2D eigenvalue weighted by Crippen LogP contribution is -2.35. The molecule has 21 heavy (non-hydrogen) atoms. The molecule has 2 atom stereocenters. The average Bonchev–Trinajstić information content (AvgIpc) is 3.16. The van der Waals surface area contributed by atoms with Crippen molar-refractivity contribution < 1.29 is 0 Å². The normalized spacial score (nSPS) is 25.5. The highest BCUT2D eigenvalue weighted by Gasteiger charge is 2.29. The third-order valence-electron chi connectivity index (χ3n) is 5.17. The summed E-state index contributed by atoms with van der Waals surface area (Å²) in [5.74, 6) is 0. The third kappa shape index (κ3) is 3.85. The minimum Gasteiger partial charge on any atom is -0.324 e. The Kier molecular flexibility index (Phi) is 4.94. The van der Waals surface area contributed by atoms with Gasteiger partial charge in [0.1, 0.15) is 0 Å². The van der Waals surface area contributed by atoms with Gasteiger partial charge in [-0.1, -0.05) is 29.8 Å². The van der Waals surface area contributed by atoms with Gasteiger partial charge in [0.15, 0.2) is 0 Å². The van der Waals surface area contributed by atoms with Crippen molar-refractivity contribution >= 4 is 0 Å². The minimum absolute atomic E-state index is 0.177. The van der Waals surface area contributed by atoms with Crippen LogP contribution >= 0.6 is 0 Å². The molecule has 0 bridgehead atoms. The summed E-state index contributed by atoms with van der Waals surface area (Å²) in [5, 5.41) is 0. The fourth-order valence-corrected chi connectivity index (χ4v) is 3.72. The number of aryl methyl sites for hydroxylation is 1. The first-order valence-electron chi connectivity index (χ1n) is 8.51. The first-order chi connectivity index (χ1) is 10.2. The van der Waals surface area contributed by atoms with Gasteiger partial charge in [0, 0.05) is 25.2 Å². The number of hydrogen-bond donors (Lipinski definition) is 1. The van der Waals surface area contributed by atoms with Crippen LogP contribution in [0.15, 0.2) is 24.3 Å². The second kappa shape index (κ2) is 6.91. The van der Waals surface area contributed by atoms with Gasteiger partial charge in [0.05, 0.1) is 0 Å². The first-order valence-corrected chi connectivity index (χ1v) is 8.51. The lowest BCUT2D eigenvalue weighted by molar-refractivity contribution is 0.230. The molecule has 0 aromatic heterocycles. The number of likely N-dealkylation sites (tertiary alicyclic amines) is 2.